The van der Waals surface area contributed by atoms with Crippen LogP contribution in [0.1, 0.15) is 11.1 Å². The van der Waals surface area contributed by atoms with E-state index in [1.807, 2.05) is 11.6 Å². The maximum absolute atomic E-state index is 4.53. The van der Waals surface area contributed by atoms with Gasteiger partial charge in [0.1, 0.15) is 0 Å². The minimum absolute atomic E-state index is 0.838. The van der Waals surface area contributed by atoms with E-state index in [2.05, 4.69) is 52.7 Å². The zero-order valence-electron chi connectivity index (χ0n) is 10.6. The Kier molecular flexibility index (Phi) is 2.33. The summed E-state index contributed by atoms with van der Waals surface area (Å²) in [6.45, 7) is 2.99. The van der Waals surface area contributed by atoms with E-state index in [1.165, 1.54) is 21.5 Å². The molecule has 4 rings (SSSR count). The van der Waals surface area contributed by atoms with Crippen molar-refractivity contribution in [3.05, 3.63) is 53.0 Å². The Morgan fingerprint density at radius 3 is 2.95 bits per heavy atom. The zero-order chi connectivity index (χ0) is 12.8. The fourth-order valence-corrected chi connectivity index (χ4v) is 3.44. The lowest BCUT2D eigenvalue weighted by atomic mass is 10.1. The van der Waals surface area contributed by atoms with Gasteiger partial charge in [0.2, 0.25) is 0 Å². The van der Waals surface area contributed by atoms with Crippen LogP contribution in [0.4, 0.5) is 11.4 Å². The Bertz CT molecular complexity index is 749. The second-order valence-electron chi connectivity index (χ2n) is 4.73. The molecule has 2 aromatic carbocycles. The molecule has 0 aliphatic carbocycles. The largest absolute Gasteiger partial charge is 0.276 e. The van der Waals surface area contributed by atoms with Crippen LogP contribution in [0.15, 0.2) is 41.9 Å². The predicted octanol–water partition coefficient (Wildman–Crippen LogP) is 3.76. The molecule has 94 valence electrons. The third-order valence-electron chi connectivity index (χ3n) is 3.54. The Labute approximate surface area is 115 Å². The first-order valence-electron chi connectivity index (χ1n) is 6.29. The van der Waals surface area contributed by atoms with Crippen molar-refractivity contribution in [2.24, 2.45) is 0 Å². The second kappa shape index (κ2) is 4.05. The lowest BCUT2D eigenvalue weighted by Gasteiger charge is -2.19. The molecule has 0 spiro atoms. The van der Waals surface area contributed by atoms with Crippen LogP contribution in [0.2, 0.25) is 0 Å². The van der Waals surface area contributed by atoms with Crippen molar-refractivity contribution >= 4 is 32.9 Å². The smallest absolute Gasteiger partial charge is 0.0881 e. The molecule has 0 amide bonds. The summed E-state index contributed by atoms with van der Waals surface area (Å²) >= 11 is 1.72. The highest BCUT2D eigenvalue weighted by atomic mass is 32.1. The van der Waals surface area contributed by atoms with Gasteiger partial charge in [0.05, 0.1) is 27.1 Å². The van der Waals surface area contributed by atoms with Crippen molar-refractivity contribution in [2.45, 2.75) is 13.5 Å². The topological polar surface area (TPSA) is 28.2 Å². The fourth-order valence-electron chi connectivity index (χ4n) is 2.64. The minimum Gasteiger partial charge on any atom is -0.276 e. The average molecular weight is 267 g/mol. The number of nitrogens with zero attached hydrogens (tertiary/aromatic N) is 2. The van der Waals surface area contributed by atoms with E-state index < -0.39 is 0 Å². The lowest BCUT2D eigenvalue weighted by Crippen LogP contribution is -2.26. The highest BCUT2D eigenvalue weighted by Crippen LogP contribution is 2.38. The number of aromatic nitrogens is 1. The number of hydrogen-bond donors (Lipinski definition) is 1. The quantitative estimate of drug-likeness (QED) is 0.727. The minimum atomic E-state index is 0.838. The lowest BCUT2D eigenvalue weighted by molar-refractivity contribution is 0.767. The number of anilines is 2. The number of hydrogen-bond acceptors (Lipinski definition) is 4. The van der Waals surface area contributed by atoms with E-state index >= 15 is 0 Å². The van der Waals surface area contributed by atoms with Gasteiger partial charge in [-0.25, -0.2) is 10.4 Å². The normalized spacial score (nSPS) is 14.1. The zero-order valence-corrected chi connectivity index (χ0v) is 11.4. The van der Waals surface area contributed by atoms with E-state index in [4.69, 9.17) is 0 Å². The molecule has 1 aromatic heterocycles. The van der Waals surface area contributed by atoms with Crippen molar-refractivity contribution in [1.29, 1.82) is 0 Å². The maximum Gasteiger partial charge on any atom is 0.0881 e. The van der Waals surface area contributed by atoms with E-state index in [1.54, 1.807) is 11.3 Å². The summed E-state index contributed by atoms with van der Waals surface area (Å²) in [7, 11) is 0. The van der Waals surface area contributed by atoms with Crippen LogP contribution in [0.3, 0.4) is 0 Å². The molecule has 0 unspecified atom stereocenters. The van der Waals surface area contributed by atoms with Gasteiger partial charge in [-0.1, -0.05) is 18.2 Å². The van der Waals surface area contributed by atoms with Crippen molar-refractivity contribution < 1.29 is 0 Å². The van der Waals surface area contributed by atoms with Gasteiger partial charge in [-0.15, -0.1) is 11.3 Å². The molecule has 0 atom stereocenters. The van der Waals surface area contributed by atoms with Gasteiger partial charge in [0.15, 0.2) is 0 Å². The van der Waals surface area contributed by atoms with Crippen LogP contribution in [-0.4, -0.2) is 4.98 Å². The number of para-hydroxylation sites is 1. The van der Waals surface area contributed by atoms with Gasteiger partial charge < -0.3 is 0 Å². The van der Waals surface area contributed by atoms with Crippen molar-refractivity contribution in [2.75, 3.05) is 5.01 Å². The molecular formula is C15H13N3S. The molecule has 1 aliphatic rings. The predicted molar refractivity (Wildman–Crippen MR) is 79.8 cm³/mol. The number of benzene rings is 2. The number of thiazole rings is 1. The molecule has 3 nitrogen and oxygen atoms in total. The SMILES string of the molecule is Cc1cc2c(c3ncsc13)CNN2c1ccccc1. The van der Waals surface area contributed by atoms with Crippen LogP contribution in [-0.2, 0) is 6.54 Å². The maximum atomic E-state index is 4.53. The molecule has 4 heteroatoms. The first kappa shape index (κ1) is 11.0. The van der Waals surface area contributed by atoms with Gasteiger partial charge in [0, 0.05) is 12.1 Å². The van der Waals surface area contributed by atoms with Gasteiger partial charge in [-0.2, -0.15) is 0 Å². The number of nitrogens with one attached hydrogen (secondary N) is 1. The number of aryl methyl sites for hydroxylation is 1. The van der Waals surface area contributed by atoms with E-state index in [0.717, 1.165) is 17.7 Å². The van der Waals surface area contributed by atoms with Gasteiger partial charge in [-0.3, -0.25) is 5.01 Å². The standard InChI is InChI=1S/C15H13N3S/c1-10-7-13-12(14-15(10)19-9-16-14)8-17-18(13)11-5-3-2-4-6-11/h2-7,9,17H,8H2,1H3. The molecule has 1 N–H and O–H groups in total. The Balaban J connectivity index is 1.94. The van der Waals surface area contributed by atoms with Crippen LogP contribution >= 0.6 is 11.3 Å². The average Bonchev–Trinajstić information content (AvgIpc) is 3.05. The molecule has 0 bridgehead atoms. The third kappa shape index (κ3) is 1.57. The Morgan fingerprint density at radius 2 is 2.11 bits per heavy atom. The summed E-state index contributed by atoms with van der Waals surface area (Å²) in [5, 5.41) is 2.15. The van der Waals surface area contributed by atoms with Crippen LogP contribution in [0.5, 0.6) is 0 Å². The fraction of sp³-hybridized carbons (Fsp3) is 0.133. The Morgan fingerprint density at radius 1 is 1.26 bits per heavy atom. The van der Waals surface area contributed by atoms with Gasteiger partial charge >= 0.3 is 0 Å². The molecule has 1 aliphatic heterocycles. The third-order valence-corrected chi connectivity index (χ3v) is 4.50. The highest BCUT2D eigenvalue weighted by molar-refractivity contribution is 7.17. The van der Waals surface area contributed by atoms with Crippen molar-refractivity contribution in [3.63, 3.8) is 0 Å². The summed E-state index contributed by atoms with van der Waals surface area (Å²) in [6, 6.07) is 12.6. The van der Waals surface area contributed by atoms with Crippen molar-refractivity contribution in [3.8, 4) is 0 Å². The number of fused-ring (bicyclic) bond motifs is 3. The monoisotopic (exact) mass is 267 g/mol. The molecule has 0 radical (unpaired) electrons. The molecule has 3 aromatic rings. The van der Waals surface area contributed by atoms with E-state index in [-0.39, 0.29) is 0 Å². The first-order chi connectivity index (χ1) is 9.34. The van der Waals surface area contributed by atoms with Crippen LogP contribution in [0.25, 0.3) is 10.2 Å². The molecule has 2 heterocycles. The van der Waals surface area contributed by atoms with Gasteiger partial charge in [0.25, 0.3) is 0 Å². The van der Waals surface area contributed by atoms with E-state index in [9.17, 15) is 0 Å². The number of rotatable bonds is 1. The summed E-state index contributed by atoms with van der Waals surface area (Å²) in [5.74, 6) is 0. The van der Waals surface area contributed by atoms with Crippen molar-refractivity contribution in [1.82, 2.24) is 10.4 Å². The van der Waals surface area contributed by atoms with E-state index in [0.29, 0.717) is 0 Å². The van der Waals surface area contributed by atoms with Gasteiger partial charge in [-0.05, 0) is 30.7 Å². The van der Waals surface area contributed by atoms with Crippen LogP contribution < -0.4 is 10.4 Å². The second-order valence-corrected chi connectivity index (χ2v) is 5.58. The summed E-state index contributed by atoms with van der Waals surface area (Å²) < 4.78 is 1.30. The summed E-state index contributed by atoms with van der Waals surface area (Å²) in [5.41, 5.74) is 11.5. The molecule has 0 saturated heterocycles. The number of hydrazine groups is 1. The summed E-state index contributed by atoms with van der Waals surface area (Å²) in [4.78, 5) is 4.53. The molecular weight excluding hydrogens is 254 g/mol. The first-order valence-corrected chi connectivity index (χ1v) is 7.17. The Hall–Kier alpha value is -1.91. The molecule has 19 heavy (non-hydrogen) atoms. The summed E-state index contributed by atoms with van der Waals surface area (Å²) in [6.07, 6.45) is 0. The molecule has 0 fully saturated rings. The highest BCUT2D eigenvalue weighted by Gasteiger charge is 2.24. The molecule has 0 saturated carbocycles. The van der Waals surface area contributed by atoms with Crippen LogP contribution in [0, 0.1) is 6.92 Å².